The Balaban J connectivity index is 1.71. The summed E-state index contributed by atoms with van der Waals surface area (Å²) in [6, 6.07) is 11.6. The van der Waals surface area contributed by atoms with Gasteiger partial charge in [0.15, 0.2) is 0 Å². The first-order valence-electron chi connectivity index (χ1n) is 9.06. The molecule has 0 radical (unpaired) electrons. The van der Waals surface area contributed by atoms with Crippen molar-refractivity contribution in [2.45, 2.75) is 4.90 Å². The lowest BCUT2D eigenvalue weighted by molar-refractivity contribution is 0.0746. The number of pyridine rings is 1. The van der Waals surface area contributed by atoms with Crippen molar-refractivity contribution in [2.24, 2.45) is 0 Å². The first-order chi connectivity index (χ1) is 14.0. The van der Waals surface area contributed by atoms with E-state index < -0.39 is 10.0 Å². The molecule has 1 saturated heterocycles. The molecular formula is C20H21N5O3S. The van der Waals surface area contributed by atoms with Crippen LogP contribution in [0.5, 0.6) is 0 Å². The number of hydrogen-bond donors (Lipinski definition) is 1. The van der Waals surface area contributed by atoms with Gasteiger partial charge in [0.25, 0.3) is 5.91 Å². The maximum absolute atomic E-state index is 12.9. The molecule has 29 heavy (non-hydrogen) atoms. The molecule has 150 valence electrons. The Kier molecular flexibility index (Phi) is 6.26. The van der Waals surface area contributed by atoms with E-state index in [2.05, 4.69) is 22.4 Å². The van der Waals surface area contributed by atoms with Crippen molar-refractivity contribution in [1.82, 2.24) is 14.6 Å². The third kappa shape index (κ3) is 4.62. The number of carbonyl (C=O) groups excluding carboxylic acids is 1. The van der Waals surface area contributed by atoms with E-state index in [-0.39, 0.29) is 17.3 Å². The van der Waals surface area contributed by atoms with Crippen LogP contribution in [0.3, 0.4) is 0 Å². The Hall–Kier alpha value is -3.22. The van der Waals surface area contributed by atoms with E-state index in [1.165, 1.54) is 18.2 Å². The molecule has 3 rings (SSSR count). The fourth-order valence-electron chi connectivity index (χ4n) is 3.09. The summed E-state index contributed by atoms with van der Waals surface area (Å²) in [5.74, 6) is 0.385. The van der Waals surface area contributed by atoms with E-state index in [4.69, 9.17) is 0 Å². The minimum absolute atomic E-state index is 0.0379. The van der Waals surface area contributed by atoms with Gasteiger partial charge in [0.2, 0.25) is 10.0 Å². The lowest BCUT2D eigenvalue weighted by Crippen LogP contribution is -2.49. The summed E-state index contributed by atoms with van der Waals surface area (Å²) in [7, 11) is -3.70. The van der Waals surface area contributed by atoms with Crippen LogP contribution in [-0.2, 0) is 10.0 Å². The molecule has 0 atom stereocenters. The lowest BCUT2D eigenvalue weighted by Gasteiger charge is -2.35. The molecule has 0 saturated carbocycles. The molecule has 2 heterocycles. The van der Waals surface area contributed by atoms with Gasteiger partial charge in [0.05, 0.1) is 10.5 Å². The smallest absolute Gasteiger partial charge is 0.254 e. The van der Waals surface area contributed by atoms with Crippen molar-refractivity contribution in [3.05, 3.63) is 66.4 Å². The topological polar surface area (TPSA) is 106 Å². The summed E-state index contributed by atoms with van der Waals surface area (Å²) in [5.41, 5.74) is 0.813. The highest BCUT2D eigenvalue weighted by Crippen LogP contribution is 2.19. The van der Waals surface area contributed by atoms with Crippen LogP contribution in [-0.4, -0.2) is 56.9 Å². The normalized spacial score (nSPS) is 14.3. The average Bonchev–Trinajstić information content (AvgIpc) is 2.77. The number of sulfonamides is 1. The van der Waals surface area contributed by atoms with Gasteiger partial charge in [-0.05, 0) is 30.3 Å². The second-order valence-corrected chi connectivity index (χ2v) is 8.20. The Bertz CT molecular complexity index is 1050. The monoisotopic (exact) mass is 411 g/mol. The Morgan fingerprint density at radius 3 is 2.69 bits per heavy atom. The average molecular weight is 411 g/mol. The zero-order valence-electron chi connectivity index (χ0n) is 15.8. The number of anilines is 1. The third-order valence-corrected chi connectivity index (χ3v) is 6.00. The minimum Gasteiger partial charge on any atom is -0.352 e. The lowest BCUT2D eigenvalue weighted by atomic mass is 10.1. The number of nitrogens with one attached hydrogen (secondary N) is 1. The standard InChI is InChI=1S/C20H21N5O3S/c1-2-8-23-29(27,28)18-7-3-5-16(14-18)20(26)25-12-10-24(11-13-25)19-17(15-21)6-4-9-22-19/h2-7,9,14,23H,1,8,10-13H2. The van der Waals surface area contributed by atoms with Gasteiger partial charge in [0, 0.05) is 44.5 Å². The van der Waals surface area contributed by atoms with Gasteiger partial charge in [-0.3, -0.25) is 4.79 Å². The van der Waals surface area contributed by atoms with E-state index in [0.717, 1.165) is 0 Å². The number of carbonyl (C=O) groups is 1. The summed E-state index contributed by atoms with van der Waals surface area (Å²) in [6.45, 7) is 5.58. The van der Waals surface area contributed by atoms with Gasteiger partial charge in [-0.25, -0.2) is 18.1 Å². The van der Waals surface area contributed by atoms with Crippen LogP contribution in [0.15, 0.2) is 60.1 Å². The van der Waals surface area contributed by atoms with Crippen molar-refractivity contribution in [3.63, 3.8) is 0 Å². The maximum Gasteiger partial charge on any atom is 0.254 e. The predicted molar refractivity (Wildman–Crippen MR) is 109 cm³/mol. The maximum atomic E-state index is 12.9. The molecule has 1 amide bonds. The van der Waals surface area contributed by atoms with Gasteiger partial charge in [-0.15, -0.1) is 6.58 Å². The van der Waals surface area contributed by atoms with E-state index in [9.17, 15) is 18.5 Å². The second kappa shape index (κ2) is 8.86. The fourth-order valence-corrected chi connectivity index (χ4v) is 4.13. The third-order valence-electron chi connectivity index (χ3n) is 4.58. The molecule has 1 N–H and O–H groups in total. The van der Waals surface area contributed by atoms with Gasteiger partial charge >= 0.3 is 0 Å². The highest BCUT2D eigenvalue weighted by atomic mass is 32.2. The Morgan fingerprint density at radius 1 is 1.24 bits per heavy atom. The van der Waals surface area contributed by atoms with Crippen LogP contribution in [0.2, 0.25) is 0 Å². The first-order valence-corrected chi connectivity index (χ1v) is 10.5. The van der Waals surface area contributed by atoms with E-state index in [0.29, 0.717) is 43.1 Å². The molecule has 1 aromatic carbocycles. The Morgan fingerprint density at radius 2 is 2.00 bits per heavy atom. The van der Waals surface area contributed by atoms with Crippen LogP contribution in [0.25, 0.3) is 0 Å². The molecule has 0 unspecified atom stereocenters. The van der Waals surface area contributed by atoms with E-state index >= 15 is 0 Å². The highest BCUT2D eigenvalue weighted by molar-refractivity contribution is 7.89. The van der Waals surface area contributed by atoms with Gasteiger partial charge in [0.1, 0.15) is 11.9 Å². The van der Waals surface area contributed by atoms with Crippen LogP contribution in [0.1, 0.15) is 15.9 Å². The number of hydrogen-bond acceptors (Lipinski definition) is 6. The van der Waals surface area contributed by atoms with Crippen LogP contribution < -0.4 is 9.62 Å². The van der Waals surface area contributed by atoms with Gasteiger partial charge in [-0.1, -0.05) is 12.1 Å². The summed E-state index contributed by atoms with van der Waals surface area (Å²) >= 11 is 0. The van der Waals surface area contributed by atoms with Gasteiger partial charge < -0.3 is 9.80 Å². The molecule has 1 fully saturated rings. The zero-order chi connectivity index (χ0) is 20.9. The van der Waals surface area contributed by atoms with E-state index in [1.807, 2.05) is 4.90 Å². The largest absolute Gasteiger partial charge is 0.352 e. The van der Waals surface area contributed by atoms with Crippen molar-refractivity contribution >= 4 is 21.7 Å². The molecule has 8 nitrogen and oxygen atoms in total. The van der Waals surface area contributed by atoms with Crippen molar-refractivity contribution in [3.8, 4) is 6.07 Å². The molecule has 9 heteroatoms. The summed E-state index contributed by atoms with van der Waals surface area (Å²) in [4.78, 5) is 20.8. The quantitative estimate of drug-likeness (QED) is 0.720. The van der Waals surface area contributed by atoms with Crippen molar-refractivity contribution in [2.75, 3.05) is 37.6 Å². The summed E-state index contributed by atoms with van der Waals surface area (Å²) in [5, 5.41) is 9.24. The molecule has 0 bridgehead atoms. The van der Waals surface area contributed by atoms with Gasteiger partial charge in [-0.2, -0.15) is 5.26 Å². The SMILES string of the molecule is C=CCNS(=O)(=O)c1cccc(C(=O)N2CCN(c3ncccc3C#N)CC2)c1. The molecule has 0 aliphatic carbocycles. The minimum atomic E-state index is -3.70. The number of benzene rings is 1. The number of rotatable bonds is 6. The molecule has 1 aliphatic heterocycles. The molecule has 2 aromatic rings. The second-order valence-electron chi connectivity index (χ2n) is 6.43. The summed E-state index contributed by atoms with van der Waals surface area (Å²) < 4.78 is 27.0. The molecule has 1 aromatic heterocycles. The molecular weight excluding hydrogens is 390 g/mol. The van der Waals surface area contributed by atoms with Crippen LogP contribution in [0.4, 0.5) is 5.82 Å². The number of piperazine rings is 1. The fraction of sp³-hybridized carbons (Fsp3) is 0.250. The Labute approximate surface area is 170 Å². The molecule has 0 spiro atoms. The first kappa shape index (κ1) is 20.5. The van der Waals surface area contributed by atoms with Crippen molar-refractivity contribution < 1.29 is 13.2 Å². The molecule has 1 aliphatic rings. The predicted octanol–water partition coefficient (Wildman–Crippen LogP) is 1.38. The van der Waals surface area contributed by atoms with Crippen molar-refractivity contribution in [1.29, 1.82) is 5.26 Å². The van der Waals surface area contributed by atoms with Crippen LogP contribution in [0, 0.1) is 11.3 Å². The highest BCUT2D eigenvalue weighted by Gasteiger charge is 2.25. The summed E-state index contributed by atoms with van der Waals surface area (Å²) in [6.07, 6.45) is 3.09. The number of aromatic nitrogens is 1. The number of nitrogens with zero attached hydrogens (tertiary/aromatic N) is 4. The number of amides is 1. The van der Waals surface area contributed by atoms with Crippen LogP contribution >= 0.6 is 0 Å². The zero-order valence-corrected chi connectivity index (χ0v) is 16.6. The van der Waals surface area contributed by atoms with E-state index in [1.54, 1.807) is 35.4 Å². The number of nitriles is 1.